The number of nitro benzene ring substituents is 1. The summed E-state index contributed by atoms with van der Waals surface area (Å²) < 4.78 is 30.5. The number of nitrogen functional groups attached to an aromatic ring is 1. The largest absolute Gasteiger partial charge is 0.393 e. The van der Waals surface area contributed by atoms with Gasteiger partial charge in [0.2, 0.25) is 10.0 Å². The molecule has 1 rings (SSSR count). The van der Waals surface area contributed by atoms with Gasteiger partial charge in [-0.25, -0.2) is 12.7 Å². The molecule has 112 valence electrons. The number of sulfonamides is 1. The fourth-order valence-electron chi connectivity index (χ4n) is 1.59. The lowest BCUT2D eigenvalue weighted by molar-refractivity contribution is -0.383. The molecule has 0 spiro atoms. The first kappa shape index (κ1) is 16.3. The van der Waals surface area contributed by atoms with Crippen LogP contribution < -0.4 is 5.73 Å². The summed E-state index contributed by atoms with van der Waals surface area (Å²) in [7, 11) is -0.743. The van der Waals surface area contributed by atoms with Crippen molar-refractivity contribution in [3.63, 3.8) is 0 Å². The highest BCUT2D eigenvalue weighted by Crippen LogP contribution is 2.25. The average Bonchev–Trinajstić information content (AvgIpc) is 2.38. The van der Waals surface area contributed by atoms with Gasteiger partial charge in [-0.3, -0.25) is 10.1 Å². The number of methoxy groups -OCH3 is 1. The van der Waals surface area contributed by atoms with E-state index in [2.05, 4.69) is 0 Å². The predicted octanol–water partition coefficient (Wildman–Crippen LogP) is 0.834. The van der Waals surface area contributed by atoms with Gasteiger partial charge in [0, 0.05) is 33.4 Å². The number of hydrogen-bond donors (Lipinski definition) is 1. The summed E-state index contributed by atoms with van der Waals surface area (Å²) >= 11 is 0. The summed E-state index contributed by atoms with van der Waals surface area (Å²) in [5, 5.41) is 10.6. The second kappa shape index (κ2) is 6.64. The molecular weight excluding hydrogens is 286 g/mol. The van der Waals surface area contributed by atoms with E-state index in [0.29, 0.717) is 13.0 Å². The lowest BCUT2D eigenvalue weighted by atomic mass is 10.3. The zero-order valence-corrected chi connectivity index (χ0v) is 12.1. The van der Waals surface area contributed by atoms with E-state index in [1.807, 2.05) is 0 Å². The van der Waals surface area contributed by atoms with E-state index >= 15 is 0 Å². The van der Waals surface area contributed by atoms with Gasteiger partial charge in [-0.15, -0.1) is 0 Å². The van der Waals surface area contributed by atoms with Crippen molar-refractivity contribution in [2.24, 2.45) is 0 Å². The van der Waals surface area contributed by atoms with E-state index in [9.17, 15) is 18.5 Å². The van der Waals surface area contributed by atoms with Crippen LogP contribution in [-0.2, 0) is 14.8 Å². The molecular formula is C11H17N3O5S. The number of ether oxygens (including phenoxy) is 1. The molecule has 2 N–H and O–H groups in total. The van der Waals surface area contributed by atoms with E-state index in [-0.39, 0.29) is 22.8 Å². The Labute approximate surface area is 117 Å². The maximum atomic E-state index is 12.2. The van der Waals surface area contributed by atoms with Crippen LogP contribution in [0.4, 0.5) is 11.4 Å². The molecule has 0 aliphatic heterocycles. The number of hydrogen-bond acceptors (Lipinski definition) is 6. The normalized spacial score (nSPS) is 11.8. The number of nitrogens with zero attached hydrogens (tertiary/aromatic N) is 2. The van der Waals surface area contributed by atoms with Crippen LogP contribution in [0.15, 0.2) is 23.1 Å². The van der Waals surface area contributed by atoms with Gasteiger partial charge in [-0.1, -0.05) is 0 Å². The average molecular weight is 303 g/mol. The minimum Gasteiger partial charge on any atom is -0.393 e. The van der Waals surface area contributed by atoms with Gasteiger partial charge in [0.15, 0.2) is 0 Å². The summed E-state index contributed by atoms with van der Waals surface area (Å²) in [6, 6.07) is 3.36. The Hall–Kier alpha value is -1.71. The van der Waals surface area contributed by atoms with E-state index in [1.165, 1.54) is 20.2 Å². The van der Waals surface area contributed by atoms with Crippen molar-refractivity contribution in [2.45, 2.75) is 11.3 Å². The number of rotatable bonds is 7. The van der Waals surface area contributed by atoms with Gasteiger partial charge in [-0.05, 0) is 18.6 Å². The van der Waals surface area contributed by atoms with Gasteiger partial charge in [0.1, 0.15) is 5.69 Å². The van der Waals surface area contributed by atoms with Crippen molar-refractivity contribution in [1.29, 1.82) is 0 Å². The molecule has 0 saturated carbocycles. The highest BCUT2D eigenvalue weighted by atomic mass is 32.2. The van der Waals surface area contributed by atoms with Crippen molar-refractivity contribution in [3.8, 4) is 0 Å². The molecule has 0 heterocycles. The molecule has 20 heavy (non-hydrogen) atoms. The third-order valence-electron chi connectivity index (χ3n) is 2.73. The SMILES string of the molecule is COCCCN(C)S(=O)(=O)c1ccc([N+](=O)[O-])c(N)c1. The molecule has 0 amide bonds. The summed E-state index contributed by atoms with van der Waals surface area (Å²) in [6.45, 7) is 0.731. The third-order valence-corrected chi connectivity index (χ3v) is 4.58. The van der Waals surface area contributed by atoms with Crippen molar-refractivity contribution >= 4 is 21.4 Å². The fraction of sp³-hybridized carbons (Fsp3) is 0.455. The standard InChI is InChI=1S/C11H17N3O5S/c1-13(6-3-7-19-2)20(17,18)9-4-5-11(14(15)16)10(12)8-9/h4-5,8H,3,6-7,12H2,1-2H3. The molecule has 0 aromatic heterocycles. The number of benzene rings is 1. The second-order valence-corrected chi connectivity index (χ2v) is 6.20. The highest BCUT2D eigenvalue weighted by Gasteiger charge is 2.23. The molecule has 0 aliphatic rings. The number of nitro groups is 1. The van der Waals surface area contributed by atoms with Crippen molar-refractivity contribution in [3.05, 3.63) is 28.3 Å². The van der Waals surface area contributed by atoms with E-state index < -0.39 is 14.9 Å². The van der Waals surface area contributed by atoms with Crippen molar-refractivity contribution in [2.75, 3.05) is 33.0 Å². The summed E-state index contributed by atoms with van der Waals surface area (Å²) in [5.74, 6) is 0. The Bertz CT molecular complexity index is 588. The molecule has 0 fully saturated rings. The Kier molecular flexibility index (Phi) is 5.43. The van der Waals surface area contributed by atoms with Gasteiger partial charge >= 0.3 is 0 Å². The smallest absolute Gasteiger partial charge is 0.292 e. The van der Waals surface area contributed by atoms with Crippen LogP contribution in [-0.4, -0.2) is 45.0 Å². The van der Waals surface area contributed by atoms with E-state index in [0.717, 1.165) is 16.4 Å². The van der Waals surface area contributed by atoms with E-state index in [4.69, 9.17) is 10.5 Å². The minimum absolute atomic E-state index is 0.0690. The van der Waals surface area contributed by atoms with Crippen LogP contribution >= 0.6 is 0 Å². The Morgan fingerprint density at radius 2 is 2.10 bits per heavy atom. The minimum atomic E-state index is -3.71. The molecule has 0 radical (unpaired) electrons. The molecule has 1 aromatic rings. The van der Waals surface area contributed by atoms with Crippen LogP contribution in [0.1, 0.15) is 6.42 Å². The van der Waals surface area contributed by atoms with Crippen LogP contribution in [0.5, 0.6) is 0 Å². The quantitative estimate of drug-likeness (QED) is 0.345. The molecule has 0 aliphatic carbocycles. The Morgan fingerprint density at radius 3 is 2.60 bits per heavy atom. The first-order valence-electron chi connectivity index (χ1n) is 5.80. The topological polar surface area (TPSA) is 116 Å². The molecule has 9 heteroatoms. The molecule has 0 atom stereocenters. The number of anilines is 1. The lowest BCUT2D eigenvalue weighted by Gasteiger charge is -2.17. The van der Waals surface area contributed by atoms with Gasteiger partial charge in [0.05, 0.1) is 9.82 Å². The number of nitrogens with two attached hydrogens (primary N) is 1. The monoisotopic (exact) mass is 303 g/mol. The van der Waals surface area contributed by atoms with Crippen molar-refractivity contribution < 1.29 is 18.1 Å². The van der Waals surface area contributed by atoms with Crippen LogP contribution in [0.25, 0.3) is 0 Å². The Balaban J connectivity index is 2.98. The maximum absolute atomic E-state index is 12.2. The zero-order valence-electron chi connectivity index (χ0n) is 11.3. The molecule has 8 nitrogen and oxygen atoms in total. The lowest BCUT2D eigenvalue weighted by Crippen LogP contribution is -2.28. The zero-order chi connectivity index (χ0) is 15.3. The molecule has 0 unspecified atom stereocenters. The third kappa shape index (κ3) is 3.65. The van der Waals surface area contributed by atoms with Crippen LogP contribution in [0.2, 0.25) is 0 Å². The van der Waals surface area contributed by atoms with Gasteiger partial charge in [0.25, 0.3) is 5.69 Å². The highest BCUT2D eigenvalue weighted by molar-refractivity contribution is 7.89. The van der Waals surface area contributed by atoms with Crippen LogP contribution in [0.3, 0.4) is 0 Å². The first-order chi connectivity index (χ1) is 9.30. The summed E-state index contributed by atoms with van der Waals surface area (Å²) in [6.07, 6.45) is 0.550. The van der Waals surface area contributed by atoms with Gasteiger partial charge in [-0.2, -0.15) is 0 Å². The Morgan fingerprint density at radius 1 is 1.45 bits per heavy atom. The molecule has 0 bridgehead atoms. The second-order valence-electron chi connectivity index (χ2n) is 4.15. The summed E-state index contributed by atoms with van der Waals surface area (Å²) in [4.78, 5) is 9.92. The van der Waals surface area contributed by atoms with E-state index in [1.54, 1.807) is 0 Å². The first-order valence-corrected chi connectivity index (χ1v) is 7.24. The van der Waals surface area contributed by atoms with Crippen molar-refractivity contribution in [1.82, 2.24) is 4.31 Å². The van der Waals surface area contributed by atoms with Crippen LogP contribution in [0, 0.1) is 10.1 Å². The van der Waals surface area contributed by atoms with Gasteiger partial charge < -0.3 is 10.5 Å². The molecule has 1 aromatic carbocycles. The fourth-order valence-corrected chi connectivity index (χ4v) is 2.84. The summed E-state index contributed by atoms with van der Waals surface area (Å²) in [5.41, 5.74) is 5.00. The maximum Gasteiger partial charge on any atom is 0.292 e. The molecule has 0 saturated heterocycles. The predicted molar refractivity (Wildman–Crippen MR) is 73.8 cm³/mol.